The largest absolute Gasteiger partial charge is 0.368 e. The zero-order chi connectivity index (χ0) is 7.98. The minimum Gasteiger partial charge on any atom is -0.368 e. The summed E-state index contributed by atoms with van der Waals surface area (Å²) in [7, 11) is 0. The van der Waals surface area contributed by atoms with Gasteiger partial charge in [-0.3, -0.25) is 4.79 Å². The number of carbonyl (C=O) groups is 1. The molecule has 4 heteroatoms. The summed E-state index contributed by atoms with van der Waals surface area (Å²) in [5.74, 6) is 1.55. The average molecular weight is 182 g/mol. The van der Waals surface area contributed by atoms with Gasteiger partial charge in [0.2, 0.25) is 5.91 Å². The van der Waals surface area contributed by atoms with Crippen LogP contribution in [-0.2, 0) is 4.79 Å². The molecule has 0 spiro atoms. The third kappa shape index (κ3) is 4.94. The third-order valence-electron chi connectivity index (χ3n) is 1.03. The number of hydrogen-bond acceptors (Lipinski definition) is 2. The van der Waals surface area contributed by atoms with Crippen LogP contribution in [0.25, 0.3) is 0 Å². The topological polar surface area (TPSA) is 43.1 Å². The highest BCUT2D eigenvalue weighted by atomic mass is 35.5. The van der Waals surface area contributed by atoms with Crippen LogP contribution in [0.1, 0.15) is 13.3 Å². The van der Waals surface area contributed by atoms with Crippen LogP contribution < -0.4 is 5.73 Å². The van der Waals surface area contributed by atoms with Gasteiger partial charge in [-0.15, -0.1) is 11.6 Å². The van der Waals surface area contributed by atoms with Gasteiger partial charge in [0.05, 0.1) is 0 Å². The molecule has 0 saturated carbocycles. The van der Waals surface area contributed by atoms with E-state index >= 15 is 0 Å². The molecular formula is C6H12ClNOS. The Labute approximate surface area is 70.5 Å². The molecule has 1 unspecified atom stereocenters. The van der Waals surface area contributed by atoms with Gasteiger partial charge < -0.3 is 5.73 Å². The lowest BCUT2D eigenvalue weighted by Gasteiger charge is -2.02. The smallest absolute Gasteiger partial charge is 0.235 e. The van der Waals surface area contributed by atoms with Gasteiger partial charge in [0.25, 0.3) is 0 Å². The van der Waals surface area contributed by atoms with Crippen LogP contribution in [0.5, 0.6) is 0 Å². The predicted octanol–water partition coefficient (Wildman–Crippen LogP) is 1.22. The Morgan fingerprint density at radius 2 is 2.40 bits per heavy atom. The Balaban J connectivity index is 3.21. The fourth-order valence-corrected chi connectivity index (χ4v) is 1.40. The zero-order valence-electron chi connectivity index (χ0n) is 5.97. The highest BCUT2D eigenvalue weighted by molar-refractivity contribution is 7.99. The second-order valence-electron chi connectivity index (χ2n) is 1.86. The highest BCUT2D eigenvalue weighted by Gasteiger charge is 2.09. The van der Waals surface area contributed by atoms with Crippen LogP contribution in [0.15, 0.2) is 0 Å². The van der Waals surface area contributed by atoms with E-state index in [1.165, 1.54) is 0 Å². The molecule has 0 aliphatic rings. The Kier molecular flexibility index (Phi) is 5.93. The van der Waals surface area contributed by atoms with Crippen molar-refractivity contribution in [3.8, 4) is 0 Å². The van der Waals surface area contributed by atoms with E-state index in [-0.39, 0.29) is 0 Å². The maximum atomic E-state index is 10.4. The van der Waals surface area contributed by atoms with Crippen LogP contribution in [0, 0.1) is 0 Å². The first-order chi connectivity index (χ1) is 4.68. The van der Waals surface area contributed by atoms with Crippen molar-refractivity contribution >= 4 is 29.3 Å². The number of hydrogen-bond donors (Lipinski definition) is 1. The molecule has 1 atom stereocenters. The van der Waals surface area contributed by atoms with Crippen molar-refractivity contribution in [3.63, 3.8) is 0 Å². The molecular weight excluding hydrogens is 170 g/mol. The van der Waals surface area contributed by atoms with Gasteiger partial charge in [0.15, 0.2) is 0 Å². The predicted molar refractivity (Wildman–Crippen MR) is 46.5 cm³/mol. The van der Waals surface area contributed by atoms with E-state index in [0.29, 0.717) is 6.42 Å². The second-order valence-corrected chi connectivity index (χ2v) is 3.78. The standard InChI is InChI=1S/C6H12ClNOS/c1-2-10-4-3-5(7)6(8)9/h5H,2-4H2,1H3,(H2,8,9). The summed E-state index contributed by atoms with van der Waals surface area (Å²) in [6.07, 6.45) is 0.676. The minimum atomic E-state index is -0.487. The van der Waals surface area contributed by atoms with Crippen LogP contribution in [0.3, 0.4) is 0 Å². The molecule has 0 aromatic heterocycles. The summed E-state index contributed by atoms with van der Waals surface area (Å²) < 4.78 is 0. The third-order valence-corrected chi connectivity index (χ3v) is 2.39. The summed E-state index contributed by atoms with van der Waals surface area (Å²) in [5.41, 5.74) is 4.94. The molecule has 2 N–H and O–H groups in total. The lowest BCUT2D eigenvalue weighted by Crippen LogP contribution is -2.23. The van der Waals surface area contributed by atoms with Gasteiger partial charge >= 0.3 is 0 Å². The van der Waals surface area contributed by atoms with E-state index in [4.69, 9.17) is 17.3 Å². The molecule has 0 fully saturated rings. The van der Waals surface area contributed by atoms with Crippen molar-refractivity contribution < 1.29 is 4.79 Å². The van der Waals surface area contributed by atoms with Crippen LogP contribution in [-0.4, -0.2) is 22.8 Å². The summed E-state index contributed by atoms with van der Waals surface area (Å²) in [4.78, 5) is 10.4. The van der Waals surface area contributed by atoms with Gasteiger partial charge in [-0.1, -0.05) is 6.92 Å². The number of thioether (sulfide) groups is 1. The number of nitrogens with two attached hydrogens (primary N) is 1. The lowest BCUT2D eigenvalue weighted by molar-refractivity contribution is -0.117. The fourth-order valence-electron chi connectivity index (χ4n) is 0.473. The minimum absolute atomic E-state index is 0.418. The fraction of sp³-hybridized carbons (Fsp3) is 0.833. The SMILES string of the molecule is CCSCCC(Cl)C(N)=O. The number of alkyl halides is 1. The van der Waals surface area contributed by atoms with E-state index in [1.807, 2.05) is 0 Å². The number of carbonyl (C=O) groups excluding carboxylic acids is 1. The van der Waals surface area contributed by atoms with Crippen LogP contribution in [0.4, 0.5) is 0 Å². The van der Waals surface area contributed by atoms with Gasteiger partial charge in [-0.05, 0) is 17.9 Å². The summed E-state index contributed by atoms with van der Waals surface area (Å²) >= 11 is 7.33. The number of amides is 1. The van der Waals surface area contributed by atoms with Crippen molar-refractivity contribution in [2.75, 3.05) is 11.5 Å². The quantitative estimate of drug-likeness (QED) is 0.512. The maximum absolute atomic E-state index is 10.4. The molecule has 0 aliphatic carbocycles. The monoisotopic (exact) mass is 181 g/mol. The summed E-state index contributed by atoms with van der Waals surface area (Å²) in [5, 5.41) is -0.487. The zero-order valence-corrected chi connectivity index (χ0v) is 7.54. The molecule has 60 valence electrons. The van der Waals surface area contributed by atoms with Gasteiger partial charge in [-0.25, -0.2) is 0 Å². The highest BCUT2D eigenvalue weighted by Crippen LogP contribution is 2.07. The van der Waals surface area contributed by atoms with Crippen LogP contribution in [0.2, 0.25) is 0 Å². The second kappa shape index (κ2) is 5.86. The molecule has 0 aromatic rings. The maximum Gasteiger partial charge on any atom is 0.235 e. The molecule has 1 amide bonds. The number of primary amides is 1. The molecule has 0 bridgehead atoms. The Morgan fingerprint density at radius 1 is 1.80 bits per heavy atom. The molecule has 0 radical (unpaired) electrons. The summed E-state index contributed by atoms with van der Waals surface area (Å²) in [6.45, 7) is 2.07. The Morgan fingerprint density at radius 3 is 2.80 bits per heavy atom. The lowest BCUT2D eigenvalue weighted by atomic mass is 10.3. The van der Waals surface area contributed by atoms with Crippen LogP contribution >= 0.6 is 23.4 Å². The van der Waals surface area contributed by atoms with E-state index in [0.717, 1.165) is 11.5 Å². The number of halogens is 1. The van der Waals surface area contributed by atoms with Crippen molar-refractivity contribution in [3.05, 3.63) is 0 Å². The van der Waals surface area contributed by atoms with Gasteiger partial charge in [0, 0.05) is 0 Å². The van der Waals surface area contributed by atoms with E-state index in [1.54, 1.807) is 11.8 Å². The van der Waals surface area contributed by atoms with E-state index in [9.17, 15) is 4.79 Å². The van der Waals surface area contributed by atoms with Crippen molar-refractivity contribution in [2.24, 2.45) is 5.73 Å². The molecule has 0 aromatic carbocycles. The van der Waals surface area contributed by atoms with E-state index < -0.39 is 11.3 Å². The average Bonchev–Trinajstić information content (AvgIpc) is 1.88. The normalized spacial score (nSPS) is 13.0. The van der Waals surface area contributed by atoms with E-state index in [2.05, 4.69) is 6.92 Å². The number of rotatable bonds is 5. The van der Waals surface area contributed by atoms with Gasteiger partial charge in [-0.2, -0.15) is 11.8 Å². The Hall–Kier alpha value is 0.110. The molecule has 0 rings (SSSR count). The molecule has 0 heterocycles. The van der Waals surface area contributed by atoms with Crippen molar-refractivity contribution in [1.29, 1.82) is 0 Å². The molecule has 0 aliphatic heterocycles. The first-order valence-electron chi connectivity index (χ1n) is 3.19. The first kappa shape index (κ1) is 10.1. The van der Waals surface area contributed by atoms with Crippen molar-refractivity contribution in [1.82, 2.24) is 0 Å². The van der Waals surface area contributed by atoms with Crippen molar-refractivity contribution in [2.45, 2.75) is 18.7 Å². The van der Waals surface area contributed by atoms with Gasteiger partial charge in [0.1, 0.15) is 5.38 Å². The molecule has 10 heavy (non-hydrogen) atoms. The molecule has 2 nitrogen and oxygen atoms in total. The summed E-state index contributed by atoms with van der Waals surface area (Å²) in [6, 6.07) is 0. The first-order valence-corrected chi connectivity index (χ1v) is 4.78. The molecule has 0 saturated heterocycles. The Bertz CT molecular complexity index is 110.